The standard InChI is InChI=1S/C25H33FN2O4/c1-29-23-16-19-4-3-14-32-25(22(19)17-24(23)30-2)18-31-15-13-27-9-11-28(12-10-27)21-7-5-20(26)6-8-21/h5-8,16-17,25H,3-4,9-15,18H2,1-2H3. The Morgan fingerprint density at radius 2 is 1.72 bits per heavy atom. The van der Waals surface area contributed by atoms with Crippen molar-refractivity contribution < 1.29 is 23.3 Å². The van der Waals surface area contributed by atoms with E-state index in [4.69, 9.17) is 18.9 Å². The number of rotatable bonds is 8. The quantitative estimate of drug-likeness (QED) is 0.579. The van der Waals surface area contributed by atoms with E-state index in [2.05, 4.69) is 15.9 Å². The van der Waals surface area contributed by atoms with Gasteiger partial charge in [-0.2, -0.15) is 0 Å². The zero-order valence-electron chi connectivity index (χ0n) is 19.0. The molecular formula is C25H33FN2O4. The third-order valence-corrected chi connectivity index (χ3v) is 6.29. The van der Waals surface area contributed by atoms with E-state index in [0.29, 0.717) is 13.2 Å². The van der Waals surface area contributed by atoms with E-state index in [1.807, 2.05) is 18.2 Å². The molecule has 4 rings (SSSR count). The predicted octanol–water partition coefficient (Wildman–Crippen LogP) is 3.69. The number of halogens is 1. The van der Waals surface area contributed by atoms with Crippen LogP contribution in [-0.2, 0) is 15.9 Å². The van der Waals surface area contributed by atoms with E-state index in [0.717, 1.165) is 74.9 Å². The van der Waals surface area contributed by atoms with Crippen LogP contribution in [-0.4, -0.2) is 71.7 Å². The molecule has 6 nitrogen and oxygen atoms in total. The fourth-order valence-electron chi connectivity index (χ4n) is 4.43. The molecule has 0 aromatic heterocycles. The molecule has 7 heteroatoms. The van der Waals surface area contributed by atoms with Crippen LogP contribution >= 0.6 is 0 Å². The Bertz CT molecular complexity index is 869. The molecule has 2 aromatic carbocycles. The smallest absolute Gasteiger partial charge is 0.161 e. The van der Waals surface area contributed by atoms with Crippen molar-refractivity contribution in [3.8, 4) is 11.5 Å². The van der Waals surface area contributed by atoms with Crippen molar-refractivity contribution in [2.24, 2.45) is 0 Å². The summed E-state index contributed by atoms with van der Waals surface area (Å²) in [4.78, 5) is 4.71. The van der Waals surface area contributed by atoms with Crippen LogP contribution in [0.15, 0.2) is 36.4 Å². The number of hydrogen-bond acceptors (Lipinski definition) is 6. The van der Waals surface area contributed by atoms with E-state index in [9.17, 15) is 4.39 Å². The van der Waals surface area contributed by atoms with E-state index in [-0.39, 0.29) is 11.9 Å². The minimum Gasteiger partial charge on any atom is -0.493 e. The highest BCUT2D eigenvalue weighted by molar-refractivity contribution is 5.49. The maximum Gasteiger partial charge on any atom is 0.161 e. The van der Waals surface area contributed by atoms with Gasteiger partial charge in [-0.05, 0) is 60.4 Å². The lowest BCUT2D eigenvalue weighted by molar-refractivity contribution is -0.0201. The van der Waals surface area contributed by atoms with Crippen LogP contribution in [0.1, 0.15) is 23.7 Å². The third-order valence-electron chi connectivity index (χ3n) is 6.29. The molecule has 0 spiro atoms. The molecule has 2 aliphatic heterocycles. The highest BCUT2D eigenvalue weighted by Gasteiger charge is 2.23. The zero-order valence-corrected chi connectivity index (χ0v) is 19.0. The van der Waals surface area contributed by atoms with Crippen LogP contribution in [0.4, 0.5) is 10.1 Å². The van der Waals surface area contributed by atoms with Crippen LogP contribution in [0.25, 0.3) is 0 Å². The van der Waals surface area contributed by atoms with Crippen LogP contribution in [0.3, 0.4) is 0 Å². The largest absolute Gasteiger partial charge is 0.493 e. The molecule has 1 unspecified atom stereocenters. The number of piperazine rings is 1. The molecule has 32 heavy (non-hydrogen) atoms. The van der Waals surface area contributed by atoms with Crippen LogP contribution in [0.5, 0.6) is 11.5 Å². The average molecular weight is 445 g/mol. The Labute approximate surface area is 189 Å². The van der Waals surface area contributed by atoms with Crippen molar-refractivity contribution in [3.05, 3.63) is 53.3 Å². The Balaban J connectivity index is 1.25. The first-order valence-corrected chi connectivity index (χ1v) is 11.3. The van der Waals surface area contributed by atoms with Gasteiger partial charge >= 0.3 is 0 Å². The maximum atomic E-state index is 13.1. The number of fused-ring (bicyclic) bond motifs is 1. The molecule has 174 valence electrons. The van der Waals surface area contributed by atoms with Gasteiger partial charge in [0.05, 0.1) is 27.4 Å². The van der Waals surface area contributed by atoms with Crippen LogP contribution in [0.2, 0.25) is 0 Å². The van der Waals surface area contributed by atoms with E-state index in [1.165, 1.54) is 17.7 Å². The second-order valence-corrected chi connectivity index (χ2v) is 8.25. The SMILES string of the molecule is COc1cc2c(cc1OC)C(COCCN1CCN(c3ccc(F)cc3)CC1)OCCC2. The molecule has 2 aliphatic rings. The molecule has 0 amide bonds. The molecule has 0 bridgehead atoms. The minimum absolute atomic E-state index is 0.0948. The molecule has 2 heterocycles. The molecule has 0 radical (unpaired) electrons. The molecule has 1 saturated heterocycles. The van der Waals surface area contributed by atoms with Crippen molar-refractivity contribution in [2.75, 3.05) is 71.7 Å². The lowest BCUT2D eigenvalue weighted by Crippen LogP contribution is -2.47. The number of methoxy groups -OCH3 is 2. The Morgan fingerprint density at radius 1 is 1.00 bits per heavy atom. The molecule has 2 aromatic rings. The monoisotopic (exact) mass is 444 g/mol. The highest BCUT2D eigenvalue weighted by atomic mass is 19.1. The summed E-state index contributed by atoms with van der Waals surface area (Å²) in [5.41, 5.74) is 3.46. The third kappa shape index (κ3) is 5.52. The maximum absolute atomic E-state index is 13.1. The topological polar surface area (TPSA) is 43.4 Å². The second kappa shape index (κ2) is 11.0. The van der Waals surface area contributed by atoms with E-state index < -0.39 is 0 Å². The first kappa shape index (κ1) is 22.8. The van der Waals surface area contributed by atoms with Crippen molar-refractivity contribution in [1.82, 2.24) is 4.90 Å². The summed E-state index contributed by atoms with van der Waals surface area (Å²) in [5, 5.41) is 0. The molecule has 0 saturated carbocycles. The molecule has 1 fully saturated rings. The summed E-state index contributed by atoms with van der Waals surface area (Å²) in [6, 6.07) is 10.8. The highest BCUT2D eigenvalue weighted by Crippen LogP contribution is 2.36. The van der Waals surface area contributed by atoms with E-state index >= 15 is 0 Å². The number of anilines is 1. The first-order chi connectivity index (χ1) is 15.7. The number of nitrogens with zero attached hydrogens (tertiary/aromatic N) is 2. The predicted molar refractivity (Wildman–Crippen MR) is 122 cm³/mol. The number of aryl methyl sites for hydroxylation is 1. The zero-order chi connectivity index (χ0) is 22.3. The lowest BCUT2D eigenvalue weighted by Gasteiger charge is -2.36. The molecule has 1 atom stereocenters. The Morgan fingerprint density at radius 3 is 2.44 bits per heavy atom. The average Bonchev–Trinajstić information content (AvgIpc) is 3.03. The van der Waals surface area contributed by atoms with Crippen LogP contribution < -0.4 is 14.4 Å². The van der Waals surface area contributed by atoms with Gasteiger partial charge in [0.15, 0.2) is 11.5 Å². The minimum atomic E-state index is -0.192. The van der Waals surface area contributed by atoms with Gasteiger partial charge in [0, 0.05) is 45.0 Å². The molecule has 0 aliphatic carbocycles. The summed E-state index contributed by atoms with van der Waals surface area (Å²) >= 11 is 0. The Hall–Kier alpha value is -2.35. The lowest BCUT2D eigenvalue weighted by atomic mass is 9.99. The van der Waals surface area contributed by atoms with E-state index in [1.54, 1.807) is 14.2 Å². The van der Waals surface area contributed by atoms with Crippen molar-refractivity contribution in [2.45, 2.75) is 18.9 Å². The van der Waals surface area contributed by atoms with Gasteiger partial charge in [0.1, 0.15) is 11.9 Å². The number of benzene rings is 2. The molecule has 0 N–H and O–H groups in total. The summed E-state index contributed by atoms with van der Waals surface area (Å²) in [6.07, 6.45) is 1.85. The number of hydrogen-bond donors (Lipinski definition) is 0. The summed E-state index contributed by atoms with van der Waals surface area (Å²) in [7, 11) is 3.32. The van der Waals surface area contributed by atoms with Crippen molar-refractivity contribution in [1.29, 1.82) is 0 Å². The normalized spacial score (nSPS) is 19.3. The van der Waals surface area contributed by atoms with Crippen molar-refractivity contribution >= 4 is 5.69 Å². The molecular weight excluding hydrogens is 411 g/mol. The second-order valence-electron chi connectivity index (χ2n) is 8.25. The first-order valence-electron chi connectivity index (χ1n) is 11.3. The fraction of sp³-hybridized carbons (Fsp3) is 0.520. The van der Waals surface area contributed by atoms with Gasteiger partial charge in [-0.3, -0.25) is 4.90 Å². The van der Waals surface area contributed by atoms with Gasteiger partial charge in [-0.15, -0.1) is 0 Å². The number of ether oxygens (including phenoxy) is 4. The van der Waals surface area contributed by atoms with Crippen LogP contribution in [0, 0.1) is 5.82 Å². The van der Waals surface area contributed by atoms with Gasteiger partial charge in [0.2, 0.25) is 0 Å². The van der Waals surface area contributed by atoms with Crippen molar-refractivity contribution in [3.63, 3.8) is 0 Å². The summed E-state index contributed by atoms with van der Waals surface area (Å²) in [6.45, 7) is 6.62. The van der Waals surface area contributed by atoms with Gasteiger partial charge in [-0.1, -0.05) is 0 Å². The summed E-state index contributed by atoms with van der Waals surface area (Å²) < 4.78 is 36.2. The van der Waals surface area contributed by atoms with Gasteiger partial charge in [-0.25, -0.2) is 4.39 Å². The fourth-order valence-corrected chi connectivity index (χ4v) is 4.43. The van der Waals surface area contributed by atoms with Gasteiger partial charge < -0.3 is 23.8 Å². The Kier molecular flexibility index (Phi) is 7.84. The summed E-state index contributed by atoms with van der Waals surface area (Å²) in [5.74, 6) is 1.29. The van der Waals surface area contributed by atoms with Gasteiger partial charge in [0.25, 0.3) is 0 Å².